The smallest absolute Gasteiger partial charge is 0.191 e. The summed E-state index contributed by atoms with van der Waals surface area (Å²) in [6.07, 6.45) is 9.05. The lowest BCUT2D eigenvalue weighted by Gasteiger charge is -2.48. The first-order valence-corrected chi connectivity index (χ1v) is 12.8. The van der Waals surface area contributed by atoms with Crippen molar-refractivity contribution in [2.75, 3.05) is 66.1 Å². The third-order valence-electron chi connectivity index (χ3n) is 7.76. The van der Waals surface area contributed by atoms with Crippen LogP contribution < -0.4 is 10.6 Å². The molecule has 2 N–H and O–H groups in total. The summed E-state index contributed by atoms with van der Waals surface area (Å²) in [5, 5.41) is 7.34. The molecule has 2 aliphatic heterocycles. The Balaban J connectivity index is 0.00000306. The second kappa shape index (κ2) is 13.9. The molecule has 1 aromatic carbocycles. The molecule has 0 amide bonds. The van der Waals surface area contributed by atoms with Gasteiger partial charge in [-0.2, -0.15) is 0 Å². The molecule has 0 bridgehead atoms. The standard InChI is InChI=1S/C26H43N5O.HI/c1-27-25(29-22-26(12-6-3-7-13-26)31-16-18-32-19-17-31)28-20-24-11-15-30(21-24)14-10-23-8-4-2-5-9-23;/h2,4-5,8-9,24H,3,6-7,10-22H2,1H3,(H2,27,28,29);1H. The second-order valence-electron chi connectivity index (χ2n) is 9.88. The van der Waals surface area contributed by atoms with Gasteiger partial charge in [-0.25, -0.2) is 0 Å². The minimum Gasteiger partial charge on any atom is -0.379 e. The maximum Gasteiger partial charge on any atom is 0.191 e. The zero-order chi connectivity index (χ0) is 22.1. The fraction of sp³-hybridized carbons (Fsp3) is 0.731. The van der Waals surface area contributed by atoms with Crippen molar-refractivity contribution in [1.29, 1.82) is 0 Å². The molecular weight excluding hydrogens is 525 g/mol. The van der Waals surface area contributed by atoms with Gasteiger partial charge in [0.1, 0.15) is 0 Å². The molecule has 3 fully saturated rings. The molecule has 1 aliphatic carbocycles. The lowest BCUT2D eigenvalue weighted by atomic mass is 9.80. The number of guanidine groups is 1. The van der Waals surface area contributed by atoms with Crippen molar-refractivity contribution in [3.8, 4) is 0 Å². The number of nitrogens with one attached hydrogen (secondary N) is 2. The Morgan fingerprint density at radius 2 is 1.82 bits per heavy atom. The average Bonchev–Trinajstić information content (AvgIpc) is 3.32. The Bertz CT molecular complexity index is 704. The van der Waals surface area contributed by atoms with E-state index < -0.39 is 0 Å². The molecule has 2 saturated heterocycles. The van der Waals surface area contributed by atoms with Crippen LogP contribution in [0, 0.1) is 5.92 Å². The first kappa shape index (κ1) is 26.7. The van der Waals surface area contributed by atoms with Gasteiger partial charge in [-0.1, -0.05) is 49.6 Å². The number of ether oxygens (including phenoxy) is 1. The summed E-state index contributed by atoms with van der Waals surface area (Å²) in [5.74, 6) is 1.66. The fourth-order valence-corrected chi connectivity index (χ4v) is 5.78. The van der Waals surface area contributed by atoms with Gasteiger partial charge in [0.2, 0.25) is 0 Å². The van der Waals surface area contributed by atoms with Gasteiger partial charge in [-0.15, -0.1) is 24.0 Å². The zero-order valence-electron chi connectivity index (χ0n) is 20.4. The molecular formula is C26H44IN5O. The predicted octanol–water partition coefficient (Wildman–Crippen LogP) is 3.37. The first-order chi connectivity index (χ1) is 15.8. The van der Waals surface area contributed by atoms with Crippen molar-refractivity contribution >= 4 is 29.9 Å². The van der Waals surface area contributed by atoms with Crippen LogP contribution >= 0.6 is 24.0 Å². The van der Waals surface area contributed by atoms with E-state index >= 15 is 0 Å². The van der Waals surface area contributed by atoms with Gasteiger partial charge in [0.15, 0.2) is 5.96 Å². The summed E-state index contributed by atoms with van der Waals surface area (Å²) in [7, 11) is 1.90. The zero-order valence-corrected chi connectivity index (χ0v) is 22.8. The maximum absolute atomic E-state index is 5.63. The van der Waals surface area contributed by atoms with Gasteiger partial charge in [-0.3, -0.25) is 9.89 Å². The van der Waals surface area contributed by atoms with Gasteiger partial charge >= 0.3 is 0 Å². The van der Waals surface area contributed by atoms with Crippen molar-refractivity contribution in [1.82, 2.24) is 20.4 Å². The SMILES string of the molecule is CN=C(NCC1CCN(CCc2ccccc2)C1)NCC1(N2CCOCC2)CCCCC1.I. The van der Waals surface area contributed by atoms with E-state index in [4.69, 9.17) is 4.74 Å². The number of halogens is 1. The fourth-order valence-electron chi connectivity index (χ4n) is 5.78. The van der Waals surface area contributed by atoms with Crippen molar-refractivity contribution in [3.05, 3.63) is 35.9 Å². The minimum absolute atomic E-state index is 0. The van der Waals surface area contributed by atoms with Crippen molar-refractivity contribution < 1.29 is 4.74 Å². The predicted molar refractivity (Wildman–Crippen MR) is 148 cm³/mol. The summed E-state index contributed by atoms with van der Waals surface area (Å²) in [4.78, 5) is 9.85. The molecule has 33 heavy (non-hydrogen) atoms. The van der Waals surface area contributed by atoms with Crippen LogP contribution in [0.5, 0.6) is 0 Å². The van der Waals surface area contributed by atoms with Crippen molar-refractivity contribution in [2.24, 2.45) is 10.9 Å². The Labute approximate surface area is 217 Å². The maximum atomic E-state index is 5.63. The van der Waals surface area contributed by atoms with Gasteiger partial charge in [0, 0.05) is 51.9 Å². The largest absolute Gasteiger partial charge is 0.379 e. The van der Waals surface area contributed by atoms with E-state index in [9.17, 15) is 0 Å². The molecule has 0 spiro atoms. The Kier molecular flexibility index (Phi) is 11.2. The van der Waals surface area contributed by atoms with Crippen LogP contribution in [-0.2, 0) is 11.2 Å². The summed E-state index contributed by atoms with van der Waals surface area (Å²) in [5.41, 5.74) is 1.71. The number of aliphatic imine (C=N–C) groups is 1. The number of morpholine rings is 1. The number of nitrogens with zero attached hydrogens (tertiary/aromatic N) is 3. The molecule has 3 aliphatic rings. The van der Waals surface area contributed by atoms with E-state index in [2.05, 4.69) is 55.8 Å². The molecule has 1 saturated carbocycles. The highest BCUT2D eigenvalue weighted by Crippen LogP contribution is 2.33. The third-order valence-corrected chi connectivity index (χ3v) is 7.76. The highest BCUT2D eigenvalue weighted by molar-refractivity contribution is 14.0. The van der Waals surface area contributed by atoms with E-state index in [0.29, 0.717) is 5.92 Å². The number of likely N-dealkylation sites (tertiary alicyclic amines) is 1. The molecule has 6 nitrogen and oxygen atoms in total. The van der Waals surface area contributed by atoms with E-state index in [0.717, 1.165) is 58.3 Å². The Morgan fingerprint density at radius 3 is 2.55 bits per heavy atom. The number of rotatable bonds is 8. The van der Waals surface area contributed by atoms with Crippen molar-refractivity contribution in [2.45, 2.75) is 50.5 Å². The topological polar surface area (TPSA) is 52.1 Å². The van der Waals surface area contributed by atoms with Crippen LogP contribution in [0.1, 0.15) is 44.1 Å². The van der Waals surface area contributed by atoms with Gasteiger partial charge < -0.3 is 20.3 Å². The molecule has 0 radical (unpaired) electrons. The molecule has 1 atom stereocenters. The Hall–Kier alpha value is -0.900. The van der Waals surface area contributed by atoms with Gasteiger partial charge in [0.05, 0.1) is 13.2 Å². The lowest BCUT2D eigenvalue weighted by molar-refractivity contribution is -0.0352. The monoisotopic (exact) mass is 569 g/mol. The van der Waals surface area contributed by atoms with Crippen LogP contribution in [0.2, 0.25) is 0 Å². The van der Waals surface area contributed by atoms with Crippen LogP contribution in [0.25, 0.3) is 0 Å². The normalized spacial score (nSPS) is 24.3. The van der Waals surface area contributed by atoms with E-state index in [1.165, 1.54) is 57.2 Å². The third kappa shape index (κ3) is 7.80. The highest BCUT2D eigenvalue weighted by Gasteiger charge is 2.38. The van der Waals surface area contributed by atoms with E-state index in [1.54, 1.807) is 0 Å². The van der Waals surface area contributed by atoms with Gasteiger partial charge in [0.25, 0.3) is 0 Å². The summed E-state index contributed by atoms with van der Waals surface area (Å²) < 4.78 is 5.63. The van der Waals surface area contributed by atoms with Crippen LogP contribution in [0.4, 0.5) is 0 Å². The van der Waals surface area contributed by atoms with Gasteiger partial charge in [-0.05, 0) is 43.7 Å². The molecule has 2 heterocycles. The summed E-state index contributed by atoms with van der Waals surface area (Å²) >= 11 is 0. The first-order valence-electron chi connectivity index (χ1n) is 12.8. The molecule has 4 rings (SSSR count). The lowest BCUT2D eigenvalue weighted by Crippen LogP contribution is -2.60. The summed E-state index contributed by atoms with van der Waals surface area (Å²) in [6.45, 7) is 9.43. The molecule has 1 unspecified atom stereocenters. The van der Waals surface area contributed by atoms with Crippen LogP contribution in [0.3, 0.4) is 0 Å². The number of hydrogen-bond donors (Lipinski definition) is 2. The minimum atomic E-state index is 0. The molecule has 186 valence electrons. The second-order valence-corrected chi connectivity index (χ2v) is 9.88. The van der Waals surface area contributed by atoms with E-state index in [1.807, 2.05) is 7.05 Å². The summed E-state index contributed by atoms with van der Waals surface area (Å²) in [6, 6.07) is 10.9. The number of benzene rings is 1. The number of hydrogen-bond acceptors (Lipinski definition) is 4. The molecule has 1 aromatic rings. The highest BCUT2D eigenvalue weighted by atomic mass is 127. The molecule has 0 aromatic heterocycles. The van der Waals surface area contributed by atoms with Crippen LogP contribution in [-0.4, -0.2) is 87.4 Å². The quantitative estimate of drug-likeness (QED) is 0.286. The average molecular weight is 570 g/mol. The van der Waals surface area contributed by atoms with Crippen LogP contribution in [0.15, 0.2) is 35.3 Å². The Morgan fingerprint density at radius 1 is 1.06 bits per heavy atom. The van der Waals surface area contributed by atoms with E-state index in [-0.39, 0.29) is 29.5 Å². The van der Waals surface area contributed by atoms with Crippen molar-refractivity contribution in [3.63, 3.8) is 0 Å². The molecule has 7 heteroatoms.